The molecule has 1 aliphatic heterocycles. The molecule has 31 valence electrons. The highest BCUT2D eigenvalue weighted by atomic mass is 14.7. The fraction of sp³-hybridized carbons (Fsp3) is 0.400. The maximum Gasteiger partial charge on any atom is 0.0299 e. The van der Waals surface area contributed by atoms with Crippen LogP contribution < -0.4 is 0 Å². The molecule has 1 rings (SSSR count). The van der Waals surface area contributed by atoms with Crippen molar-refractivity contribution in [2.24, 2.45) is 4.99 Å². The first-order valence-electron chi connectivity index (χ1n) is 2.07. The lowest BCUT2D eigenvalue weighted by molar-refractivity contribution is 1.05. The van der Waals surface area contributed by atoms with Gasteiger partial charge >= 0.3 is 0 Å². The third-order valence-electron chi connectivity index (χ3n) is 0.689. The van der Waals surface area contributed by atoms with Crippen LogP contribution in [0.5, 0.6) is 0 Å². The van der Waals surface area contributed by atoms with E-state index in [0.717, 1.165) is 12.8 Å². The lowest BCUT2D eigenvalue weighted by Crippen LogP contribution is -1.76. The van der Waals surface area contributed by atoms with Gasteiger partial charge in [-0.3, -0.25) is 4.99 Å². The Labute approximate surface area is 37.4 Å². The molecule has 1 radical (unpaired) electrons. The van der Waals surface area contributed by atoms with Crippen LogP contribution in [0, 0.1) is 6.08 Å². The Morgan fingerprint density at radius 2 is 2.67 bits per heavy atom. The summed E-state index contributed by atoms with van der Waals surface area (Å²) < 4.78 is 0. The minimum Gasteiger partial charge on any atom is -0.269 e. The van der Waals surface area contributed by atoms with Crippen molar-refractivity contribution in [3.8, 4) is 0 Å². The zero-order chi connectivity index (χ0) is 4.24. The van der Waals surface area contributed by atoms with Crippen molar-refractivity contribution >= 4 is 6.21 Å². The van der Waals surface area contributed by atoms with E-state index in [1.165, 1.54) is 0 Å². The van der Waals surface area contributed by atoms with Crippen LogP contribution in [-0.4, -0.2) is 6.21 Å². The smallest absolute Gasteiger partial charge is 0.0299 e. The number of allylic oxidation sites excluding steroid dienone is 1. The van der Waals surface area contributed by atoms with Crippen molar-refractivity contribution in [2.45, 2.75) is 12.8 Å². The van der Waals surface area contributed by atoms with Gasteiger partial charge in [0.1, 0.15) is 0 Å². The van der Waals surface area contributed by atoms with Gasteiger partial charge in [-0.25, -0.2) is 0 Å². The molecule has 0 spiro atoms. The quantitative estimate of drug-likeness (QED) is 0.414. The van der Waals surface area contributed by atoms with Crippen molar-refractivity contribution in [3.63, 3.8) is 0 Å². The van der Waals surface area contributed by atoms with E-state index < -0.39 is 0 Å². The molecule has 0 aromatic rings. The van der Waals surface area contributed by atoms with E-state index in [2.05, 4.69) is 11.1 Å². The highest BCUT2D eigenvalue weighted by molar-refractivity contribution is 5.58. The summed E-state index contributed by atoms with van der Waals surface area (Å²) in [5.41, 5.74) is 0. The minimum atomic E-state index is 1.05. The monoisotopic (exact) mass is 80.1 g/mol. The molecule has 0 N–H and O–H groups in total. The molecule has 0 aliphatic carbocycles. The maximum atomic E-state index is 3.82. The number of hydrogen-bond acceptors (Lipinski definition) is 1. The van der Waals surface area contributed by atoms with Gasteiger partial charge in [0.05, 0.1) is 0 Å². The van der Waals surface area contributed by atoms with Gasteiger partial charge in [-0.1, -0.05) is 0 Å². The lowest BCUT2D eigenvalue weighted by atomic mass is 10.3. The highest BCUT2D eigenvalue weighted by Gasteiger charge is 1.79. The van der Waals surface area contributed by atoms with Crippen molar-refractivity contribution in [3.05, 3.63) is 12.3 Å². The van der Waals surface area contributed by atoms with E-state index in [4.69, 9.17) is 0 Å². The van der Waals surface area contributed by atoms with Crippen molar-refractivity contribution in [2.75, 3.05) is 0 Å². The molecule has 0 aromatic carbocycles. The number of nitrogens with zero attached hydrogens (tertiary/aromatic N) is 1. The predicted molar refractivity (Wildman–Crippen MR) is 25.5 cm³/mol. The summed E-state index contributed by atoms with van der Waals surface area (Å²) in [7, 11) is 0. The van der Waals surface area contributed by atoms with Crippen LogP contribution in [-0.2, 0) is 0 Å². The summed E-state index contributed by atoms with van der Waals surface area (Å²) in [5, 5.41) is 0. The van der Waals surface area contributed by atoms with Gasteiger partial charge in [0.15, 0.2) is 0 Å². The van der Waals surface area contributed by atoms with Gasteiger partial charge in [-0.05, 0) is 18.9 Å². The Balaban J connectivity index is 2.46. The van der Waals surface area contributed by atoms with Gasteiger partial charge in [0.25, 0.3) is 0 Å². The molecule has 0 atom stereocenters. The molecule has 0 saturated carbocycles. The molecule has 1 nitrogen and oxygen atoms in total. The molecule has 0 unspecified atom stereocenters. The summed E-state index contributed by atoms with van der Waals surface area (Å²) >= 11 is 0. The highest BCUT2D eigenvalue weighted by Crippen LogP contribution is 1.91. The zero-order valence-corrected chi connectivity index (χ0v) is 3.52. The first kappa shape index (κ1) is 3.59. The van der Waals surface area contributed by atoms with Crippen molar-refractivity contribution in [1.82, 2.24) is 0 Å². The summed E-state index contributed by atoms with van der Waals surface area (Å²) in [4.78, 5) is 3.82. The Bertz CT molecular complexity index is 69.9. The molecule has 0 saturated heterocycles. The normalized spacial score (nSPS) is 18.7. The molecule has 1 heteroatoms. The van der Waals surface area contributed by atoms with E-state index in [0.29, 0.717) is 0 Å². The molecule has 1 aliphatic rings. The van der Waals surface area contributed by atoms with Crippen LogP contribution in [0.25, 0.3) is 0 Å². The summed E-state index contributed by atoms with van der Waals surface area (Å²) in [6.07, 6.45) is 8.68. The van der Waals surface area contributed by atoms with Gasteiger partial charge < -0.3 is 0 Å². The van der Waals surface area contributed by atoms with E-state index in [9.17, 15) is 0 Å². The molecule has 0 aromatic heterocycles. The Hall–Kier alpha value is -0.590. The van der Waals surface area contributed by atoms with Crippen LogP contribution in [0.15, 0.2) is 11.2 Å². The first-order valence-corrected chi connectivity index (χ1v) is 2.07. The molecule has 0 amide bonds. The summed E-state index contributed by atoms with van der Waals surface area (Å²) in [6.45, 7) is 0. The molecule has 1 heterocycles. The predicted octanol–water partition coefficient (Wildman–Crippen LogP) is 1.17. The summed E-state index contributed by atoms with van der Waals surface area (Å²) in [5.74, 6) is 0. The zero-order valence-electron chi connectivity index (χ0n) is 3.52. The maximum absolute atomic E-state index is 3.82. The van der Waals surface area contributed by atoms with Gasteiger partial charge in [-0.2, -0.15) is 0 Å². The Morgan fingerprint density at radius 1 is 1.67 bits per heavy atom. The van der Waals surface area contributed by atoms with Gasteiger partial charge in [-0.15, -0.1) is 0 Å². The van der Waals surface area contributed by atoms with E-state index >= 15 is 0 Å². The topological polar surface area (TPSA) is 12.4 Å². The van der Waals surface area contributed by atoms with Crippen LogP contribution in [0.3, 0.4) is 0 Å². The van der Waals surface area contributed by atoms with E-state index in [1.54, 1.807) is 6.20 Å². The standard InChI is InChI=1S/C5H6N/c1-2-4-6-5-3-1/h4-5H,1-2H2. The number of rotatable bonds is 0. The Kier molecular flexibility index (Phi) is 1.05. The average molecular weight is 80.1 g/mol. The third-order valence-corrected chi connectivity index (χ3v) is 0.689. The largest absolute Gasteiger partial charge is 0.269 e. The molecule has 0 bridgehead atoms. The van der Waals surface area contributed by atoms with Crippen molar-refractivity contribution in [1.29, 1.82) is 0 Å². The van der Waals surface area contributed by atoms with E-state index in [-0.39, 0.29) is 0 Å². The van der Waals surface area contributed by atoms with Crippen LogP contribution >= 0.6 is 0 Å². The second-order valence-corrected chi connectivity index (χ2v) is 1.20. The van der Waals surface area contributed by atoms with Gasteiger partial charge in [0, 0.05) is 12.4 Å². The van der Waals surface area contributed by atoms with Crippen LogP contribution in [0.1, 0.15) is 12.8 Å². The molecular weight excluding hydrogens is 74.1 g/mol. The Morgan fingerprint density at radius 3 is 2.83 bits per heavy atom. The van der Waals surface area contributed by atoms with Gasteiger partial charge in [0.2, 0.25) is 0 Å². The fourth-order valence-electron chi connectivity index (χ4n) is 0.392. The SMILES string of the molecule is [C]1=CN=CCC1. The molecule has 0 fully saturated rings. The lowest BCUT2D eigenvalue weighted by Gasteiger charge is -1.86. The second kappa shape index (κ2) is 1.75. The van der Waals surface area contributed by atoms with Crippen LogP contribution in [0.2, 0.25) is 0 Å². The van der Waals surface area contributed by atoms with Crippen LogP contribution in [0.4, 0.5) is 0 Å². The minimum absolute atomic E-state index is 1.05. The summed E-state index contributed by atoms with van der Waals surface area (Å²) in [6, 6.07) is 0. The molecular formula is C5H6N. The number of aliphatic imine (C=N–C) groups is 1. The van der Waals surface area contributed by atoms with Crippen molar-refractivity contribution < 1.29 is 0 Å². The fourth-order valence-corrected chi connectivity index (χ4v) is 0.392. The van der Waals surface area contributed by atoms with E-state index in [1.807, 2.05) is 6.21 Å². The number of hydrogen-bond donors (Lipinski definition) is 0. The third kappa shape index (κ3) is 0.677. The second-order valence-electron chi connectivity index (χ2n) is 1.20. The average Bonchev–Trinajstić information content (AvgIpc) is 1.72. The first-order chi connectivity index (χ1) is 3.00. The molecule has 6 heavy (non-hydrogen) atoms.